The highest BCUT2D eigenvalue weighted by Gasteiger charge is 2.46. The summed E-state index contributed by atoms with van der Waals surface area (Å²) < 4.78 is 16.6. The van der Waals surface area contributed by atoms with Crippen molar-refractivity contribution < 1.29 is 23.8 Å². The molecule has 2 aromatic rings. The summed E-state index contributed by atoms with van der Waals surface area (Å²) in [4.78, 5) is 26.0. The Hall–Kier alpha value is -2.67. The number of benzene rings is 2. The van der Waals surface area contributed by atoms with Crippen LogP contribution in [-0.2, 0) is 29.4 Å². The zero-order chi connectivity index (χ0) is 25.0. The molecule has 0 spiro atoms. The lowest BCUT2D eigenvalue weighted by atomic mass is 9.85. The molecule has 1 fully saturated rings. The van der Waals surface area contributed by atoms with E-state index in [1.165, 1.54) is 7.11 Å². The minimum Gasteiger partial charge on any atom is -0.466 e. The molecular weight excluding hydrogens is 466 g/mol. The first-order valence-corrected chi connectivity index (χ1v) is 11.7. The Bertz CT molecular complexity index is 872. The van der Waals surface area contributed by atoms with Crippen LogP contribution in [0.15, 0.2) is 72.8 Å². The average molecular weight is 504 g/mol. The van der Waals surface area contributed by atoms with E-state index in [9.17, 15) is 9.59 Å². The van der Waals surface area contributed by atoms with Gasteiger partial charge >= 0.3 is 11.9 Å². The molecule has 2 aromatic carbocycles. The van der Waals surface area contributed by atoms with Gasteiger partial charge in [0.1, 0.15) is 6.10 Å². The van der Waals surface area contributed by atoms with Crippen LogP contribution in [0.1, 0.15) is 44.2 Å². The van der Waals surface area contributed by atoms with Crippen molar-refractivity contribution in [3.05, 3.63) is 83.9 Å². The van der Waals surface area contributed by atoms with E-state index in [-0.39, 0.29) is 30.4 Å². The molecule has 0 N–H and O–H groups in total. The van der Waals surface area contributed by atoms with E-state index in [0.717, 1.165) is 43.5 Å². The average Bonchev–Trinajstić information content (AvgIpc) is 2.87. The van der Waals surface area contributed by atoms with Crippen molar-refractivity contribution in [2.75, 3.05) is 33.9 Å². The Kier molecular flexibility index (Phi) is 13.3. The van der Waals surface area contributed by atoms with Gasteiger partial charge in [0, 0.05) is 25.3 Å². The molecular formula is C28H38ClNO5. The first kappa shape index (κ1) is 30.4. The number of likely N-dealkylation sites (tertiary alicyclic amines) is 1. The number of methoxy groups -OCH3 is 1. The highest BCUT2D eigenvalue weighted by atomic mass is 35.5. The van der Waals surface area contributed by atoms with Gasteiger partial charge < -0.3 is 19.1 Å². The topological polar surface area (TPSA) is 65.1 Å². The number of carbonyl (C=O) groups excluding carboxylic acids is 2. The van der Waals surface area contributed by atoms with Crippen molar-refractivity contribution in [1.82, 2.24) is 4.90 Å². The largest absolute Gasteiger partial charge is 0.466 e. The second kappa shape index (κ2) is 15.4. The number of ether oxygens (including phenoxy) is 3. The summed E-state index contributed by atoms with van der Waals surface area (Å²) in [5.74, 6) is -0.664. The van der Waals surface area contributed by atoms with Crippen molar-refractivity contribution in [2.24, 2.45) is 0 Å². The molecule has 0 amide bonds. The fourth-order valence-electron chi connectivity index (χ4n) is 3.74. The van der Waals surface area contributed by atoms with Crippen LogP contribution < -0.4 is 0 Å². The van der Waals surface area contributed by atoms with E-state index in [1.807, 2.05) is 67.6 Å². The van der Waals surface area contributed by atoms with Gasteiger partial charge in [0.2, 0.25) is 5.60 Å². The quantitative estimate of drug-likeness (QED) is 0.366. The van der Waals surface area contributed by atoms with Crippen LogP contribution in [0.3, 0.4) is 0 Å². The summed E-state index contributed by atoms with van der Waals surface area (Å²) in [7, 11) is 3.43. The summed E-state index contributed by atoms with van der Waals surface area (Å²) in [6, 6.07) is 19.4. The maximum absolute atomic E-state index is 13.6. The molecule has 1 heterocycles. The van der Waals surface area contributed by atoms with Gasteiger partial charge in [-0.15, -0.1) is 12.4 Å². The number of halogens is 1. The third kappa shape index (κ3) is 8.49. The fourth-order valence-corrected chi connectivity index (χ4v) is 3.74. The first-order chi connectivity index (χ1) is 16.3. The fraction of sp³-hybridized carbons (Fsp3) is 0.429. The number of hydrogen-bond acceptors (Lipinski definition) is 6. The maximum atomic E-state index is 13.6. The number of carbonyl (C=O) groups is 2. The minimum absolute atomic E-state index is 0. The van der Waals surface area contributed by atoms with Crippen LogP contribution in [0.25, 0.3) is 0 Å². The van der Waals surface area contributed by atoms with Gasteiger partial charge in [-0.1, -0.05) is 74.2 Å². The molecule has 7 heteroatoms. The van der Waals surface area contributed by atoms with Crippen LogP contribution in [-0.4, -0.2) is 56.8 Å². The van der Waals surface area contributed by atoms with Crippen molar-refractivity contribution in [3.63, 3.8) is 0 Å². The second-order valence-electron chi connectivity index (χ2n) is 8.44. The van der Waals surface area contributed by atoms with Crippen LogP contribution in [0.4, 0.5) is 0 Å². The number of nitrogens with zero attached hydrogens (tertiary/aromatic N) is 1. The molecule has 1 aliphatic heterocycles. The molecule has 0 aliphatic carbocycles. The summed E-state index contributed by atoms with van der Waals surface area (Å²) in [6.07, 6.45) is 2.47. The van der Waals surface area contributed by atoms with Crippen molar-refractivity contribution in [2.45, 2.75) is 44.8 Å². The molecule has 0 aromatic heterocycles. The smallest absolute Gasteiger partial charge is 0.348 e. The van der Waals surface area contributed by atoms with Crippen LogP contribution in [0.5, 0.6) is 0 Å². The predicted octanol–water partition coefficient (Wildman–Crippen LogP) is 5.15. The van der Waals surface area contributed by atoms with Gasteiger partial charge in [-0.25, -0.2) is 9.59 Å². The maximum Gasteiger partial charge on any atom is 0.348 e. The summed E-state index contributed by atoms with van der Waals surface area (Å²) >= 11 is 0. The minimum atomic E-state index is -1.23. The van der Waals surface area contributed by atoms with Crippen LogP contribution in [0.2, 0.25) is 0 Å². The lowest BCUT2D eigenvalue weighted by Gasteiger charge is -2.36. The van der Waals surface area contributed by atoms with E-state index in [0.29, 0.717) is 12.2 Å². The van der Waals surface area contributed by atoms with Crippen molar-refractivity contribution in [3.8, 4) is 0 Å². The second-order valence-corrected chi connectivity index (χ2v) is 8.44. The Morgan fingerprint density at radius 1 is 1.00 bits per heavy atom. The third-order valence-corrected chi connectivity index (χ3v) is 5.64. The van der Waals surface area contributed by atoms with E-state index in [1.54, 1.807) is 6.92 Å². The highest BCUT2D eigenvalue weighted by Crippen LogP contribution is 2.36. The standard InChI is InChI=1S/C23H29NO3.C5H8O2.ClH/c1-3-18-26-23(19-10-6-4-7-11-19,20-12-8-5-9-13-20)22(25)27-21-14-16-24(2)17-15-21;1-4(2)5(6)7-3;/h4-13,21H,3,14-18H2,1-2H3;1H2,2-3H3;1H. The van der Waals surface area contributed by atoms with Crippen LogP contribution >= 0.6 is 12.4 Å². The SMILES string of the molecule is C=C(C)C(=O)OC.CCCOC(C(=O)OC1CCN(C)CC1)(c1ccccc1)c1ccccc1.Cl. The number of piperidine rings is 1. The van der Waals surface area contributed by atoms with Crippen LogP contribution in [0, 0.1) is 0 Å². The molecule has 1 saturated heterocycles. The molecule has 3 rings (SSSR count). The monoisotopic (exact) mass is 503 g/mol. The summed E-state index contributed by atoms with van der Waals surface area (Å²) in [5.41, 5.74) is 0.815. The molecule has 35 heavy (non-hydrogen) atoms. The molecule has 0 atom stereocenters. The summed E-state index contributed by atoms with van der Waals surface area (Å²) in [6.45, 7) is 9.36. The number of hydrogen-bond donors (Lipinski definition) is 0. The molecule has 1 aliphatic rings. The summed E-state index contributed by atoms with van der Waals surface area (Å²) in [5, 5.41) is 0. The predicted molar refractivity (Wildman–Crippen MR) is 141 cm³/mol. The Morgan fingerprint density at radius 2 is 1.49 bits per heavy atom. The van der Waals surface area contributed by atoms with Crippen molar-refractivity contribution in [1.29, 1.82) is 0 Å². The van der Waals surface area contributed by atoms with E-state index in [4.69, 9.17) is 9.47 Å². The van der Waals surface area contributed by atoms with Gasteiger partial charge in [0.25, 0.3) is 0 Å². The number of esters is 2. The molecule has 0 bridgehead atoms. The van der Waals surface area contributed by atoms with E-state index in [2.05, 4.69) is 23.3 Å². The normalized spacial score (nSPS) is 14.1. The highest BCUT2D eigenvalue weighted by molar-refractivity contribution is 5.87. The molecule has 0 unspecified atom stereocenters. The van der Waals surface area contributed by atoms with Gasteiger partial charge in [-0.3, -0.25) is 0 Å². The lowest BCUT2D eigenvalue weighted by molar-refractivity contribution is -0.176. The molecule has 192 valence electrons. The zero-order valence-corrected chi connectivity index (χ0v) is 22.0. The lowest BCUT2D eigenvalue weighted by Crippen LogP contribution is -2.45. The number of rotatable bonds is 8. The third-order valence-electron chi connectivity index (χ3n) is 5.64. The van der Waals surface area contributed by atoms with E-state index >= 15 is 0 Å². The van der Waals surface area contributed by atoms with Gasteiger partial charge in [-0.2, -0.15) is 0 Å². The Labute approximate surface area is 215 Å². The van der Waals surface area contributed by atoms with E-state index < -0.39 is 5.60 Å². The first-order valence-electron chi connectivity index (χ1n) is 11.7. The van der Waals surface area contributed by atoms with Gasteiger partial charge in [0.05, 0.1) is 7.11 Å². The molecule has 0 saturated carbocycles. The Balaban J connectivity index is 0.000000672. The molecule has 6 nitrogen and oxygen atoms in total. The zero-order valence-electron chi connectivity index (χ0n) is 21.2. The Morgan fingerprint density at radius 3 is 1.86 bits per heavy atom. The van der Waals surface area contributed by atoms with Crippen molar-refractivity contribution >= 4 is 24.3 Å². The molecule has 0 radical (unpaired) electrons. The van der Waals surface area contributed by atoms with Gasteiger partial charge in [-0.05, 0) is 44.4 Å². The van der Waals surface area contributed by atoms with Gasteiger partial charge in [0.15, 0.2) is 0 Å².